The van der Waals surface area contributed by atoms with Crippen molar-refractivity contribution in [1.82, 2.24) is 0 Å². The first-order valence-electron chi connectivity index (χ1n) is 5.52. The van der Waals surface area contributed by atoms with Crippen molar-refractivity contribution < 1.29 is 4.42 Å². The van der Waals surface area contributed by atoms with E-state index in [0.29, 0.717) is 6.54 Å². The minimum atomic E-state index is 0.643. The second-order valence-electron chi connectivity index (χ2n) is 4.09. The van der Waals surface area contributed by atoms with E-state index in [-0.39, 0.29) is 0 Å². The second-order valence-corrected chi connectivity index (χ2v) is 5.56. The number of nitrogens with one attached hydrogen (secondary N) is 1. The van der Waals surface area contributed by atoms with E-state index in [1.165, 1.54) is 0 Å². The summed E-state index contributed by atoms with van der Waals surface area (Å²) < 4.78 is 6.41. The lowest BCUT2D eigenvalue weighted by Gasteiger charge is -2.19. The molecule has 3 nitrogen and oxygen atoms in total. The molecule has 0 spiro atoms. The van der Waals surface area contributed by atoms with Crippen molar-refractivity contribution in [2.24, 2.45) is 0 Å². The van der Waals surface area contributed by atoms with Crippen molar-refractivity contribution in [2.45, 2.75) is 6.54 Å². The summed E-state index contributed by atoms with van der Waals surface area (Å²) in [5.41, 5.74) is 1.99. The lowest BCUT2D eigenvalue weighted by molar-refractivity contribution is 0.493. The Bertz CT molecular complexity index is 540. The first-order valence-corrected chi connectivity index (χ1v) is 6.97. The number of halogens is 2. The van der Waals surface area contributed by atoms with Crippen LogP contribution in [0.25, 0.3) is 0 Å². The lowest BCUT2D eigenvalue weighted by atomic mass is 10.2. The van der Waals surface area contributed by atoms with E-state index in [4.69, 9.17) is 16.0 Å². The maximum Gasteiger partial charge on any atom is 0.164 e. The Kier molecular flexibility index (Phi) is 4.40. The Morgan fingerprint density at radius 3 is 2.67 bits per heavy atom. The molecule has 96 valence electrons. The van der Waals surface area contributed by atoms with Gasteiger partial charge in [-0.2, -0.15) is 0 Å². The van der Waals surface area contributed by atoms with Gasteiger partial charge in [0.05, 0.1) is 22.9 Å². The molecule has 1 N–H and O–H groups in total. The fourth-order valence-electron chi connectivity index (χ4n) is 1.74. The Hall–Kier alpha value is -0.880. The molecule has 0 atom stereocenters. The fraction of sp³-hybridized carbons (Fsp3) is 0.231. The third kappa shape index (κ3) is 3.11. The van der Waals surface area contributed by atoms with Gasteiger partial charge >= 0.3 is 0 Å². The first kappa shape index (κ1) is 13.5. The number of anilines is 2. The van der Waals surface area contributed by atoms with Gasteiger partial charge in [-0.15, -0.1) is 0 Å². The molecule has 0 bridgehead atoms. The van der Waals surface area contributed by atoms with Crippen LogP contribution >= 0.6 is 34.2 Å². The summed E-state index contributed by atoms with van der Waals surface area (Å²) in [6.07, 6.45) is 0. The summed E-state index contributed by atoms with van der Waals surface area (Å²) in [5.74, 6) is 0.907. The first-order chi connectivity index (χ1) is 8.58. The van der Waals surface area contributed by atoms with Gasteiger partial charge in [-0.3, -0.25) is 0 Å². The number of hydrogen-bond donors (Lipinski definition) is 1. The van der Waals surface area contributed by atoms with Gasteiger partial charge in [-0.25, -0.2) is 0 Å². The summed E-state index contributed by atoms with van der Waals surface area (Å²) in [6.45, 7) is 0.643. The molecule has 0 radical (unpaired) electrons. The zero-order chi connectivity index (χ0) is 13.1. The predicted molar refractivity (Wildman–Crippen MR) is 84.5 cm³/mol. The van der Waals surface area contributed by atoms with Crippen molar-refractivity contribution in [1.29, 1.82) is 0 Å². The van der Waals surface area contributed by atoms with Gasteiger partial charge in [0.25, 0.3) is 0 Å². The summed E-state index contributed by atoms with van der Waals surface area (Å²) in [4.78, 5) is 2.00. The van der Waals surface area contributed by atoms with E-state index in [1.807, 2.05) is 49.3 Å². The van der Waals surface area contributed by atoms with Crippen molar-refractivity contribution in [3.8, 4) is 0 Å². The minimum absolute atomic E-state index is 0.643. The highest BCUT2D eigenvalue weighted by Crippen LogP contribution is 2.32. The molecule has 0 aliphatic carbocycles. The van der Waals surface area contributed by atoms with Gasteiger partial charge in [-0.05, 0) is 46.9 Å². The van der Waals surface area contributed by atoms with Gasteiger partial charge in [-0.1, -0.05) is 17.7 Å². The summed E-state index contributed by atoms with van der Waals surface area (Å²) in [5, 5.41) is 4.08. The van der Waals surface area contributed by atoms with Crippen LogP contribution in [-0.4, -0.2) is 14.1 Å². The van der Waals surface area contributed by atoms with E-state index in [2.05, 4.69) is 27.9 Å². The minimum Gasteiger partial charge on any atom is -0.454 e. The lowest BCUT2D eigenvalue weighted by Crippen LogP contribution is -2.12. The van der Waals surface area contributed by atoms with Crippen molar-refractivity contribution >= 4 is 45.6 Å². The molecule has 0 amide bonds. The van der Waals surface area contributed by atoms with Crippen LogP contribution in [0.15, 0.2) is 34.7 Å². The highest BCUT2D eigenvalue weighted by atomic mass is 127. The Balaban J connectivity index is 2.16. The smallest absolute Gasteiger partial charge is 0.164 e. The molecule has 0 aliphatic heterocycles. The SMILES string of the molecule is CN(C)c1c(Cl)cccc1NCc1ccc(I)o1. The zero-order valence-corrected chi connectivity index (χ0v) is 13.1. The van der Waals surface area contributed by atoms with E-state index in [9.17, 15) is 0 Å². The molecule has 1 aromatic heterocycles. The van der Waals surface area contributed by atoms with E-state index in [1.54, 1.807) is 0 Å². The van der Waals surface area contributed by atoms with Crippen LogP contribution in [0, 0.1) is 3.77 Å². The summed E-state index contributed by atoms with van der Waals surface area (Å²) in [7, 11) is 3.95. The van der Waals surface area contributed by atoms with Crippen LogP contribution in [0.4, 0.5) is 11.4 Å². The van der Waals surface area contributed by atoms with Crippen molar-refractivity contribution in [3.63, 3.8) is 0 Å². The average molecular weight is 377 g/mol. The molecule has 1 aromatic carbocycles. The van der Waals surface area contributed by atoms with E-state index in [0.717, 1.165) is 25.9 Å². The number of furan rings is 1. The molecule has 5 heteroatoms. The van der Waals surface area contributed by atoms with Gasteiger partial charge in [0, 0.05) is 14.1 Å². The van der Waals surface area contributed by atoms with Crippen LogP contribution in [0.5, 0.6) is 0 Å². The maximum atomic E-state index is 6.20. The molecule has 0 saturated heterocycles. The van der Waals surface area contributed by atoms with Gasteiger partial charge in [0.15, 0.2) is 3.77 Å². The number of rotatable bonds is 4. The molecule has 0 aliphatic rings. The maximum absolute atomic E-state index is 6.20. The Labute approximate surface area is 125 Å². The molecular weight excluding hydrogens is 363 g/mol. The molecule has 2 aromatic rings. The van der Waals surface area contributed by atoms with Crippen molar-refractivity contribution in [2.75, 3.05) is 24.3 Å². The summed E-state index contributed by atoms with van der Waals surface area (Å²) >= 11 is 8.36. The number of benzene rings is 1. The quantitative estimate of drug-likeness (QED) is 0.810. The molecular formula is C13H14ClIN2O. The molecule has 1 heterocycles. The monoisotopic (exact) mass is 376 g/mol. The third-order valence-electron chi connectivity index (χ3n) is 2.52. The van der Waals surface area contributed by atoms with E-state index >= 15 is 0 Å². The number of nitrogens with zero attached hydrogens (tertiary/aromatic N) is 1. The van der Waals surface area contributed by atoms with Crippen molar-refractivity contribution in [3.05, 3.63) is 44.9 Å². The zero-order valence-electron chi connectivity index (χ0n) is 10.2. The Morgan fingerprint density at radius 2 is 2.06 bits per heavy atom. The van der Waals surface area contributed by atoms with Crippen LogP contribution in [0.1, 0.15) is 5.76 Å². The highest BCUT2D eigenvalue weighted by molar-refractivity contribution is 14.1. The third-order valence-corrected chi connectivity index (χ3v) is 3.40. The topological polar surface area (TPSA) is 28.4 Å². The van der Waals surface area contributed by atoms with Gasteiger partial charge < -0.3 is 14.6 Å². The molecule has 0 unspecified atom stereocenters. The largest absolute Gasteiger partial charge is 0.454 e. The van der Waals surface area contributed by atoms with Crippen LogP contribution in [0.2, 0.25) is 5.02 Å². The highest BCUT2D eigenvalue weighted by Gasteiger charge is 2.09. The van der Waals surface area contributed by atoms with Gasteiger partial charge in [0.2, 0.25) is 0 Å². The van der Waals surface area contributed by atoms with E-state index < -0.39 is 0 Å². The molecule has 2 rings (SSSR count). The molecule has 0 saturated carbocycles. The predicted octanol–water partition coefficient (Wildman–Crippen LogP) is 4.22. The fourth-order valence-corrected chi connectivity index (χ4v) is 2.55. The average Bonchev–Trinajstić information content (AvgIpc) is 2.72. The van der Waals surface area contributed by atoms with Crippen LogP contribution < -0.4 is 10.2 Å². The molecule has 18 heavy (non-hydrogen) atoms. The van der Waals surface area contributed by atoms with Crippen LogP contribution in [-0.2, 0) is 6.54 Å². The van der Waals surface area contributed by atoms with Gasteiger partial charge in [0.1, 0.15) is 5.76 Å². The standard InChI is InChI=1S/C13H14ClIN2O/c1-17(2)13-10(14)4-3-5-11(13)16-8-9-6-7-12(15)18-9/h3-7,16H,8H2,1-2H3. The second kappa shape index (κ2) is 5.84. The number of hydrogen-bond acceptors (Lipinski definition) is 3. The van der Waals surface area contributed by atoms with Crippen LogP contribution in [0.3, 0.4) is 0 Å². The number of para-hydroxylation sites is 1. The normalized spacial score (nSPS) is 10.4. The summed E-state index contributed by atoms with van der Waals surface area (Å²) in [6, 6.07) is 9.74. The Morgan fingerprint density at radius 1 is 1.28 bits per heavy atom. The molecule has 0 fully saturated rings.